The van der Waals surface area contributed by atoms with Gasteiger partial charge in [0.15, 0.2) is 0 Å². The SMILES string of the molecule is c1ccc(N(c2ccc(N(c3ccc4oc5ccccc5c4c3)c3ccc4oc5ccccc5c4c3)cc2)c2ccc3c(c2)c2ccccc2c2c4ccccc4sc32)cc1. The molecule has 5 heteroatoms. The Hall–Kier alpha value is -7.86. The van der Waals surface area contributed by atoms with Crippen LogP contribution in [0.15, 0.2) is 215 Å². The molecule has 4 nitrogen and oxygen atoms in total. The summed E-state index contributed by atoms with van der Waals surface area (Å²) in [5.74, 6) is 0. The predicted molar refractivity (Wildman–Crippen MR) is 258 cm³/mol. The molecular weight excluding hydrogens is 765 g/mol. The van der Waals surface area contributed by atoms with E-state index in [2.05, 4.69) is 192 Å². The Morgan fingerprint density at radius 2 is 0.705 bits per heavy atom. The van der Waals surface area contributed by atoms with Crippen LogP contribution >= 0.6 is 11.3 Å². The van der Waals surface area contributed by atoms with Crippen LogP contribution in [0.5, 0.6) is 0 Å². The van der Waals surface area contributed by atoms with E-state index < -0.39 is 0 Å². The number of anilines is 6. The summed E-state index contributed by atoms with van der Waals surface area (Å²) in [6.07, 6.45) is 0. The van der Waals surface area contributed by atoms with Crippen molar-refractivity contribution in [2.75, 3.05) is 9.80 Å². The van der Waals surface area contributed by atoms with Gasteiger partial charge in [-0.1, -0.05) is 103 Å². The molecule has 0 aliphatic heterocycles. The highest BCUT2D eigenvalue weighted by atomic mass is 32.1. The molecule has 13 aromatic rings. The molecule has 0 N–H and O–H groups in total. The van der Waals surface area contributed by atoms with E-state index >= 15 is 0 Å². The fourth-order valence-electron chi connectivity index (χ4n) is 9.46. The summed E-state index contributed by atoms with van der Waals surface area (Å²) in [6.45, 7) is 0. The Morgan fingerprint density at radius 1 is 0.279 bits per heavy atom. The minimum atomic E-state index is 0.867. The number of hydrogen-bond donors (Lipinski definition) is 0. The first-order valence-corrected chi connectivity index (χ1v) is 21.4. The molecule has 0 radical (unpaired) electrons. The van der Waals surface area contributed by atoms with Crippen molar-refractivity contribution in [3.63, 3.8) is 0 Å². The molecular formula is C56H34N2O2S. The third-order valence-corrected chi connectivity index (χ3v) is 13.4. The molecule has 13 rings (SSSR count). The van der Waals surface area contributed by atoms with Gasteiger partial charge in [-0.3, -0.25) is 0 Å². The Labute approximate surface area is 354 Å². The highest BCUT2D eigenvalue weighted by molar-refractivity contribution is 7.27. The zero-order valence-electron chi connectivity index (χ0n) is 32.7. The Morgan fingerprint density at radius 3 is 1.33 bits per heavy atom. The fourth-order valence-corrected chi connectivity index (χ4v) is 10.7. The third-order valence-electron chi connectivity index (χ3n) is 12.2. The van der Waals surface area contributed by atoms with Crippen molar-refractivity contribution in [2.24, 2.45) is 0 Å². The highest BCUT2D eigenvalue weighted by Gasteiger charge is 2.21. The summed E-state index contributed by atoms with van der Waals surface area (Å²) in [4.78, 5) is 4.70. The van der Waals surface area contributed by atoms with E-state index in [0.29, 0.717) is 0 Å². The van der Waals surface area contributed by atoms with Gasteiger partial charge in [0.25, 0.3) is 0 Å². The van der Waals surface area contributed by atoms with E-state index in [4.69, 9.17) is 8.83 Å². The van der Waals surface area contributed by atoms with Gasteiger partial charge in [-0.05, 0) is 119 Å². The third kappa shape index (κ3) is 5.31. The summed E-state index contributed by atoms with van der Waals surface area (Å²) in [6, 6.07) is 73.8. The second-order valence-electron chi connectivity index (χ2n) is 15.7. The van der Waals surface area contributed by atoms with Gasteiger partial charge in [-0.15, -0.1) is 11.3 Å². The zero-order chi connectivity index (χ0) is 40.0. The normalized spacial score (nSPS) is 11.9. The topological polar surface area (TPSA) is 32.8 Å². The van der Waals surface area contributed by atoms with E-state index in [1.165, 1.54) is 41.7 Å². The molecule has 0 saturated heterocycles. The second kappa shape index (κ2) is 13.3. The van der Waals surface area contributed by atoms with Crippen LogP contribution in [0.25, 0.3) is 85.6 Å². The Bertz CT molecular complexity index is 3730. The van der Waals surface area contributed by atoms with Crippen LogP contribution in [0.4, 0.5) is 34.1 Å². The Kier molecular flexibility index (Phi) is 7.44. The number of hydrogen-bond acceptors (Lipinski definition) is 5. The standard InChI is InChI=1S/C56H34N2O2S/c1-2-12-35(13-3-1)57(38-26-29-45-47(32-38)41-14-4-5-17-44(41)55-46-18-8-11-21-54(46)61-56(45)55)36-22-24-37(25-23-36)58(39-27-30-52-48(33-39)42-15-6-9-19-50(42)59-52)40-28-31-53-49(34-40)43-16-7-10-20-51(43)60-53/h1-34H. The molecule has 61 heavy (non-hydrogen) atoms. The quantitative estimate of drug-likeness (QED) is 0.157. The van der Waals surface area contributed by atoms with Gasteiger partial charge in [-0.25, -0.2) is 0 Å². The van der Waals surface area contributed by atoms with Crippen LogP contribution in [-0.2, 0) is 0 Å². The van der Waals surface area contributed by atoms with Crippen molar-refractivity contribution in [2.45, 2.75) is 0 Å². The molecule has 0 aliphatic carbocycles. The number of furan rings is 2. The van der Waals surface area contributed by atoms with Crippen molar-refractivity contribution in [3.05, 3.63) is 206 Å². The molecule has 3 heterocycles. The van der Waals surface area contributed by atoms with E-state index in [0.717, 1.165) is 78.0 Å². The van der Waals surface area contributed by atoms with Crippen molar-refractivity contribution >= 4 is 131 Å². The van der Waals surface area contributed by atoms with Crippen LogP contribution in [-0.4, -0.2) is 0 Å². The number of nitrogens with zero attached hydrogens (tertiary/aromatic N) is 2. The summed E-state index contributed by atoms with van der Waals surface area (Å²) >= 11 is 1.89. The first kappa shape index (κ1) is 34.0. The maximum Gasteiger partial charge on any atom is 0.135 e. The van der Waals surface area contributed by atoms with Gasteiger partial charge in [-0.2, -0.15) is 0 Å². The van der Waals surface area contributed by atoms with E-state index in [9.17, 15) is 0 Å². The molecule has 0 saturated carbocycles. The smallest absolute Gasteiger partial charge is 0.135 e. The summed E-state index contributed by atoms with van der Waals surface area (Å²) in [5.41, 5.74) is 9.86. The molecule has 286 valence electrons. The lowest BCUT2D eigenvalue weighted by Crippen LogP contribution is -2.12. The van der Waals surface area contributed by atoms with Crippen molar-refractivity contribution in [1.82, 2.24) is 0 Å². The van der Waals surface area contributed by atoms with Crippen molar-refractivity contribution < 1.29 is 8.83 Å². The number of benzene rings is 10. The van der Waals surface area contributed by atoms with Crippen LogP contribution in [0, 0.1) is 0 Å². The Balaban J connectivity index is 0.983. The van der Waals surface area contributed by atoms with E-state index in [1.807, 2.05) is 35.6 Å². The average Bonchev–Trinajstić information content (AvgIpc) is 4.02. The van der Waals surface area contributed by atoms with Gasteiger partial charge in [0.1, 0.15) is 22.3 Å². The van der Waals surface area contributed by atoms with Gasteiger partial charge >= 0.3 is 0 Å². The van der Waals surface area contributed by atoms with Gasteiger partial charge in [0.2, 0.25) is 0 Å². The lowest BCUT2D eigenvalue weighted by Gasteiger charge is -2.28. The first-order valence-electron chi connectivity index (χ1n) is 20.6. The largest absolute Gasteiger partial charge is 0.456 e. The van der Waals surface area contributed by atoms with Crippen molar-refractivity contribution in [1.29, 1.82) is 0 Å². The molecule has 0 aliphatic rings. The predicted octanol–water partition coefficient (Wildman–Crippen LogP) is 17.1. The van der Waals surface area contributed by atoms with Crippen molar-refractivity contribution in [3.8, 4) is 0 Å². The maximum absolute atomic E-state index is 6.27. The molecule has 10 aromatic carbocycles. The molecule has 0 bridgehead atoms. The summed E-state index contributed by atoms with van der Waals surface area (Å²) in [5, 5.41) is 12.1. The fraction of sp³-hybridized carbons (Fsp3) is 0. The lowest BCUT2D eigenvalue weighted by atomic mass is 9.96. The molecule has 0 amide bonds. The van der Waals surface area contributed by atoms with Gasteiger partial charge < -0.3 is 18.6 Å². The molecule has 0 spiro atoms. The number of rotatable bonds is 6. The molecule has 0 atom stereocenters. The maximum atomic E-state index is 6.27. The lowest BCUT2D eigenvalue weighted by molar-refractivity contribution is 0.668. The molecule has 0 unspecified atom stereocenters. The van der Waals surface area contributed by atoms with Gasteiger partial charge in [0.05, 0.1) is 0 Å². The number of para-hydroxylation sites is 3. The van der Waals surface area contributed by atoms with Crippen LogP contribution in [0.3, 0.4) is 0 Å². The minimum absolute atomic E-state index is 0.867. The molecule has 0 fully saturated rings. The summed E-state index contributed by atoms with van der Waals surface area (Å²) < 4.78 is 15.2. The van der Waals surface area contributed by atoms with E-state index in [1.54, 1.807) is 0 Å². The average molecular weight is 799 g/mol. The zero-order valence-corrected chi connectivity index (χ0v) is 33.6. The number of thiophene rings is 1. The second-order valence-corrected chi connectivity index (χ2v) is 16.7. The minimum Gasteiger partial charge on any atom is -0.456 e. The van der Waals surface area contributed by atoms with Crippen LogP contribution < -0.4 is 9.80 Å². The first-order chi connectivity index (χ1) is 30.2. The molecule has 3 aromatic heterocycles. The van der Waals surface area contributed by atoms with Gasteiger partial charge in [0, 0.05) is 81.2 Å². The highest BCUT2D eigenvalue weighted by Crippen LogP contribution is 2.47. The summed E-state index contributed by atoms with van der Waals surface area (Å²) in [7, 11) is 0. The van der Waals surface area contributed by atoms with E-state index in [-0.39, 0.29) is 0 Å². The van der Waals surface area contributed by atoms with Crippen LogP contribution in [0.1, 0.15) is 0 Å². The monoisotopic (exact) mass is 798 g/mol. The number of fused-ring (bicyclic) bond motifs is 14. The van der Waals surface area contributed by atoms with Crippen LogP contribution in [0.2, 0.25) is 0 Å².